The van der Waals surface area contributed by atoms with E-state index >= 15 is 8.78 Å². The number of amides is 1. The van der Waals surface area contributed by atoms with Crippen molar-refractivity contribution in [3.63, 3.8) is 0 Å². The Labute approximate surface area is 185 Å². The lowest BCUT2D eigenvalue weighted by Gasteiger charge is -2.18. The molecule has 3 aromatic rings. The summed E-state index contributed by atoms with van der Waals surface area (Å²) in [6.07, 6.45) is 3.15. The quantitative estimate of drug-likeness (QED) is 0.372. The maximum Gasteiger partial charge on any atom is 0.251 e. The minimum atomic E-state index is -0.844. The van der Waals surface area contributed by atoms with Gasteiger partial charge in [0.1, 0.15) is 23.6 Å². The number of fused-ring (bicyclic) bond motifs is 1. The van der Waals surface area contributed by atoms with Crippen LogP contribution < -0.4 is 10.6 Å². The molecular formula is C23H27F2N5O2. The van der Waals surface area contributed by atoms with Crippen molar-refractivity contribution in [3.8, 4) is 11.3 Å². The van der Waals surface area contributed by atoms with Gasteiger partial charge in [-0.3, -0.25) is 9.69 Å². The number of nitrogens with zero attached hydrogens (tertiary/aromatic N) is 3. The van der Waals surface area contributed by atoms with Crippen LogP contribution >= 0.6 is 0 Å². The number of hydrogen-bond donors (Lipinski definition) is 2. The van der Waals surface area contributed by atoms with E-state index in [1.807, 2.05) is 41.6 Å². The molecule has 0 aliphatic heterocycles. The summed E-state index contributed by atoms with van der Waals surface area (Å²) in [6, 6.07) is 5.81. The summed E-state index contributed by atoms with van der Waals surface area (Å²) in [4.78, 5) is 28.8. The van der Waals surface area contributed by atoms with E-state index in [1.165, 1.54) is 7.05 Å². The average molecular weight is 443 g/mol. The molecule has 0 aliphatic rings. The molecule has 0 saturated heterocycles. The van der Waals surface area contributed by atoms with Gasteiger partial charge in [0.05, 0.1) is 17.0 Å². The highest BCUT2D eigenvalue weighted by atomic mass is 19.1. The van der Waals surface area contributed by atoms with Gasteiger partial charge in [0.25, 0.3) is 5.91 Å². The zero-order valence-corrected chi connectivity index (χ0v) is 18.4. The predicted molar refractivity (Wildman–Crippen MR) is 119 cm³/mol. The molecule has 0 spiro atoms. The number of aromatic nitrogens is 2. The Kier molecular flexibility index (Phi) is 7.66. The third-order valence-corrected chi connectivity index (χ3v) is 5.18. The van der Waals surface area contributed by atoms with Gasteiger partial charge in [0.15, 0.2) is 0 Å². The van der Waals surface area contributed by atoms with Crippen LogP contribution in [0.1, 0.15) is 28.0 Å². The van der Waals surface area contributed by atoms with E-state index < -0.39 is 17.5 Å². The van der Waals surface area contributed by atoms with E-state index in [1.54, 1.807) is 0 Å². The highest BCUT2D eigenvalue weighted by Gasteiger charge is 2.23. The van der Waals surface area contributed by atoms with Crippen LogP contribution in [0.4, 0.5) is 8.78 Å². The van der Waals surface area contributed by atoms with Crippen LogP contribution in [0.2, 0.25) is 0 Å². The molecule has 1 aromatic carbocycles. The molecular weight excluding hydrogens is 416 g/mol. The second kappa shape index (κ2) is 10.4. The van der Waals surface area contributed by atoms with Gasteiger partial charge in [0, 0.05) is 51.4 Å². The van der Waals surface area contributed by atoms with Crippen molar-refractivity contribution in [2.24, 2.45) is 0 Å². The number of carbonyl (C=O) groups is 2. The molecule has 0 fully saturated rings. The van der Waals surface area contributed by atoms with E-state index in [0.717, 1.165) is 24.0 Å². The molecule has 0 aliphatic carbocycles. The van der Waals surface area contributed by atoms with E-state index in [9.17, 15) is 9.59 Å². The minimum absolute atomic E-state index is 0.0917. The number of nitrogens with one attached hydrogen (secondary N) is 2. The standard InChI is InChI=1S/C23H27F2N5O2/c1-15-5-8-30-19(14-29(3)9-7-27-6-4-10-31)22(28-20(30)11-15)21-17(24)12-16(13-18(21)25)23(32)26-2/h5,8,10-13,27H,4,6-7,9,14H2,1-3H3,(H,26,32). The molecule has 3 rings (SSSR count). The third kappa shape index (κ3) is 5.17. The number of carbonyl (C=O) groups excluding carboxylic acids is 2. The van der Waals surface area contributed by atoms with E-state index in [0.29, 0.717) is 43.9 Å². The number of pyridine rings is 1. The number of halogens is 2. The molecule has 2 N–H and O–H groups in total. The zero-order chi connectivity index (χ0) is 23.3. The van der Waals surface area contributed by atoms with Gasteiger partial charge in [-0.05, 0) is 43.8 Å². The number of rotatable bonds is 10. The summed E-state index contributed by atoms with van der Waals surface area (Å²) in [5.41, 5.74) is 2.05. The van der Waals surface area contributed by atoms with Crippen molar-refractivity contribution in [3.05, 3.63) is 58.9 Å². The molecule has 0 unspecified atom stereocenters. The third-order valence-electron chi connectivity index (χ3n) is 5.18. The summed E-state index contributed by atoms with van der Waals surface area (Å²) in [7, 11) is 3.30. The van der Waals surface area contributed by atoms with Gasteiger partial charge in [-0.1, -0.05) is 0 Å². The Balaban J connectivity index is 1.99. The largest absolute Gasteiger partial charge is 0.355 e. The highest BCUT2D eigenvalue weighted by Crippen LogP contribution is 2.31. The van der Waals surface area contributed by atoms with Crippen LogP contribution in [0.15, 0.2) is 30.5 Å². The fourth-order valence-electron chi connectivity index (χ4n) is 3.51. The summed E-state index contributed by atoms with van der Waals surface area (Å²) in [6.45, 7) is 4.25. The van der Waals surface area contributed by atoms with Crippen LogP contribution in [-0.2, 0) is 11.3 Å². The Bertz CT molecular complexity index is 1110. The molecule has 0 bridgehead atoms. The summed E-state index contributed by atoms with van der Waals surface area (Å²) < 4.78 is 31.9. The maximum absolute atomic E-state index is 15.0. The SMILES string of the molecule is CNC(=O)c1cc(F)c(-c2nc3cc(C)ccn3c2CN(C)CCNCCC=O)c(F)c1. The van der Waals surface area contributed by atoms with Gasteiger partial charge in [-0.2, -0.15) is 0 Å². The number of aryl methyl sites for hydroxylation is 1. The van der Waals surface area contributed by atoms with Gasteiger partial charge in [-0.25, -0.2) is 13.8 Å². The molecule has 1 amide bonds. The second-order valence-electron chi connectivity index (χ2n) is 7.68. The number of likely N-dealkylation sites (N-methyl/N-ethyl adjacent to an activating group) is 1. The molecule has 9 heteroatoms. The number of benzene rings is 1. The lowest BCUT2D eigenvalue weighted by atomic mass is 10.0. The summed E-state index contributed by atoms with van der Waals surface area (Å²) in [5.74, 6) is -2.26. The van der Waals surface area contributed by atoms with E-state index in [-0.39, 0.29) is 16.8 Å². The molecule has 0 atom stereocenters. The van der Waals surface area contributed by atoms with Crippen LogP contribution in [0.5, 0.6) is 0 Å². The first-order valence-electron chi connectivity index (χ1n) is 10.4. The zero-order valence-electron chi connectivity index (χ0n) is 18.4. The number of hydrogen-bond acceptors (Lipinski definition) is 5. The minimum Gasteiger partial charge on any atom is -0.355 e. The monoisotopic (exact) mass is 443 g/mol. The smallest absolute Gasteiger partial charge is 0.251 e. The average Bonchev–Trinajstić information content (AvgIpc) is 3.09. The number of aldehydes is 1. The van der Waals surface area contributed by atoms with Crippen molar-refractivity contribution in [2.45, 2.75) is 19.9 Å². The van der Waals surface area contributed by atoms with Crippen molar-refractivity contribution in [1.29, 1.82) is 0 Å². The van der Waals surface area contributed by atoms with Gasteiger partial charge >= 0.3 is 0 Å². The van der Waals surface area contributed by atoms with Gasteiger partial charge < -0.3 is 19.8 Å². The lowest BCUT2D eigenvalue weighted by Crippen LogP contribution is -2.30. The van der Waals surface area contributed by atoms with Crippen LogP contribution in [0, 0.1) is 18.6 Å². The predicted octanol–water partition coefficient (Wildman–Crippen LogP) is 2.56. The first kappa shape index (κ1) is 23.5. The normalized spacial score (nSPS) is 11.3. The molecule has 0 saturated carbocycles. The first-order chi connectivity index (χ1) is 15.3. The summed E-state index contributed by atoms with van der Waals surface area (Å²) >= 11 is 0. The van der Waals surface area contributed by atoms with E-state index in [4.69, 9.17) is 0 Å². The summed E-state index contributed by atoms with van der Waals surface area (Å²) in [5, 5.41) is 5.54. The molecule has 170 valence electrons. The van der Waals surface area contributed by atoms with E-state index in [2.05, 4.69) is 15.6 Å². The van der Waals surface area contributed by atoms with Crippen molar-refractivity contribution >= 4 is 17.8 Å². The van der Waals surface area contributed by atoms with Crippen molar-refractivity contribution < 1.29 is 18.4 Å². The van der Waals surface area contributed by atoms with Crippen LogP contribution in [0.25, 0.3) is 16.9 Å². The highest BCUT2D eigenvalue weighted by molar-refractivity contribution is 5.94. The molecule has 0 radical (unpaired) electrons. The molecule has 2 aromatic heterocycles. The number of imidazole rings is 1. The fourth-order valence-corrected chi connectivity index (χ4v) is 3.51. The Morgan fingerprint density at radius 2 is 1.94 bits per heavy atom. The van der Waals surface area contributed by atoms with Crippen LogP contribution in [0.3, 0.4) is 0 Å². The van der Waals surface area contributed by atoms with Crippen molar-refractivity contribution in [2.75, 3.05) is 33.7 Å². The van der Waals surface area contributed by atoms with Crippen molar-refractivity contribution in [1.82, 2.24) is 24.9 Å². The second-order valence-corrected chi connectivity index (χ2v) is 7.68. The topological polar surface area (TPSA) is 78.7 Å². The first-order valence-corrected chi connectivity index (χ1v) is 10.4. The molecule has 7 nitrogen and oxygen atoms in total. The molecule has 2 heterocycles. The maximum atomic E-state index is 15.0. The van der Waals surface area contributed by atoms with Gasteiger partial charge in [0.2, 0.25) is 0 Å². The lowest BCUT2D eigenvalue weighted by molar-refractivity contribution is -0.107. The van der Waals surface area contributed by atoms with Crippen LogP contribution in [-0.4, -0.2) is 60.2 Å². The Morgan fingerprint density at radius 3 is 2.59 bits per heavy atom. The Morgan fingerprint density at radius 1 is 1.22 bits per heavy atom. The molecule has 32 heavy (non-hydrogen) atoms. The van der Waals surface area contributed by atoms with Gasteiger partial charge in [-0.15, -0.1) is 0 Å². The fraction of sp³-hybridized carbons (Fsp3) is 0.348. The Hall–Kier alpha value is -3.17.